The molecule has 1 aromatic rings. The SMILES string of the molecule is COC(CNC(=O)NCC(C)CCO)c1cccc(Cl)c1. The first-order chi connectivity index (χ1) is 10.1. The molecule has 0 spiro atoms. The van der Waals surface area contributed by atoms with Crippen LogP contribution >= 0.6 is 11.6 Å². The van der Waals surface area contributed by atoms with Crippen molar-refractivity contribution >= 4 is 17.6 Å². The van der Waals surface area contributed by atoms with Crippen molar-refractivity contribution < 1.29 is 14.6 Å². The van der Waals surface area contributed by atoms with E-state index in [-0.39, 0.29) is 24.7 Å². The molecule has 1 aromatic carbocycles. The van der Waals surface area contributed by atoms with Gasteiger partial charge in [-0.1, -0.05) is 30.7 Å². The van der Waals surface area contributed by atoms with Gasteiger partial charge in [-0.3, -0.25) is 0 Å². The number of hydrogen-bond acceptors (Lipinski definition) is 3. The molecule has 5 nitrogen and oxygen atoms in total. The number of hydrogen-bond donors (Lipinski definition) is 3. The van der Waals surface area contributed by atoms with E-state index < -0.39 is 0 Å². The number of benzene rings is 1. The van der Waals surface area contributed by atoms with Crippen molar-refractivity contribution in [1.29, 1.82) is 0 Å². The first-order valence-electron chi connectivity index (χ1n) is 6.97. The number of amides is 2. The highest BCUT2D eigenvalue weighted by molar-refractivity contribution is 6.30. The third-order valence-corrected chi connectivity index (χ3v) is 3.42. The van der Waals surface area contributed by atoms with Crippen molar-refractivity contribution in [2.45, 2.75) is 19.4 Å². The number of aliphatic hydroxyl groups excluding tert-OH is 1. The molecule has 1 rings (SSSR count). The molecule has 2 unspecified atom stereocenters. The average molecular weight is 315 g/mol. The van der Waals surface area contributed by atoms with E-state index in [1.165, 1.54) is 0 Å². The van der Waals surface area contributed by atoms with Gasteiger partial charge in [0.05, 0.1) is 6.10 Å². The highest BCUT2D eigenvalue weighted by Crippen LogP contribution is 2.19. The lowest BCUT2D eigenvalue weighted by Gasteiger charge is -2.18. The Labute approximate surface area is 130 Å². The standard InChI is InChI=1S/C15H23ClN2O3/c1-11(6-7-19)9-17-15(20)18-10-14(21-2)12-4-3-5-13(16)8-12/h3-5,8,11,14,19H,6-7,9-10H2,1-2H3,(H2,17,18,20). The summed E-state index contributed by atoms with van der Waals surface area (Å²) in [5, 5.41) is 15.0. The molecule has 0 saturated carbocycles. The third-order valence-electron chi connectivity index (χ3n) is 3.19. The average Bonchev–Trinajstić information content (AvgIpc) is 2.46. The van der Waals surface area contributed by atoms with Crippen LogP contribution in [0.15, 0.2) is 24.3 Å². The van der Waals surface area contributed by atoms with Gasteiger partial charge in [0.1, 0.15) is 0 Å². The highest BCUT2D eigenvalue weighted by atomic mass is 35.5. The number of halogens is 1. The minimum Gasteiger partial charge on any atom is -0.396 e. The second kappa shape index (κ2) is 9.60. The maximum atomic E-state index is 11.7. The fourth-order valence-electron chi connectivity index (χ4n) is 1.88. The first-order valence-corrected chi connectivity index (χ1v) is 7.35. The Bertz CT molecular complexity index is 443. The molecule has 118 valence electrons. The number of aliphatic hydroxyl groups is 1. The van der Waals surface area contributed by atoms with E-state index in [2.05, 4.69) is 10.6 Å². The number of carbonyl (C=O) groups is 1. The minimum atomic E-state index is -0.246. The van der Waals surface area contributed by atoms with Crippen molar-refractivity contribution in [3.8, 4) is 0 Å². The molecule has 21 heavy (non-hydrogen) atoms. The number of methoxy groups -OCH3 is 1. The molecule has 0 aliphatic heterocycles. The van der Waals surface area contributed by atoms with E-state index in [4.69, 9.17) is 21.4 Å². The fraction of sp³-hybridized carbons (Fsp3) is 0.533. The summed E-state index contributed by atoms with van der Waals surface area (Å²) >= 11 is 5.95. The fourth-order valence-corrected chi connectivity index (χ4v) is 2.08. The van der Waals surface area contributed by atoms with E-state index in [9.17, 15) is 4.79 Å². The molecule has 2 atom stereocenters. The van der Waals surface area contributed by atoms with Crippen molar-refractivity contribution in [2.24, 2.45) is 5.92 Å². The van der Waals surface area contributed by atoms with Gasteiger partial charge in [-0.05, 0) is 30.0 Å². The van der Waals surface area contributed by atoms with Gasteiger partial charge in [0.15, 0.2) is 0 Å². The van der Waals surface area contributed by atoms with Gasteiger partial charge in [0, 0.05) is 31.8 Å². The maximum absolute atomic E-state index is 11.7. The third kappa shape index (κ3) is 6.80. The van der Waals surface area contributed by atoms with Crippen molar-refractivity contribution in [3.05, 3.63) is 34.9 Å². The number of nitrogens with one attached hydrogen (secondary N) is 2. The molecule has 2 amide bonds. The van der Waals surface area contributed by atoms with E-state index >= 15 is 0 Å². The van der Waals surface area contributed by atoms with Gasteiger partial charge in [-0.2, -0.15) is 0 Å². The van der Waals surface area contributed by atoms with E-state index in [1.807, 2.05) is 25.1 Å². The summed E-state index contributed by atoms with van der Waals surface area (Å²) in [4.78, 5) is 11.7. The van der Waals surface area contributed by atoms with Gasteiger partial charge in [-0.25, -0.2) is 4.79 Å². The molecule has 3 N–H and O–H groups in total. The second-order valence-corrected chi connectivity index (χ2v) is 5.42. The zero-order valence-corrected chi connectivity index (χ0v) is 13.2. The predicted octanol–water partition coefficient (Wildman–Crippen LogP) is 2.35. The largest absolute Gasteiger partial charge is 0.396 e. The number of ether oxygens (including phenoxy) is 1. The van der Waals surface area contributed by atoms with Crippen LogP contribution < -0.4 is 10.6 Å². The molecule has 0 aromatic heterocycles. The van der Waals surface area contributed by atoms with Crippen LogP contribution in [0.2, 0.25) is 5.02 Å². The van der Waals surface area contributed by atoms with Crippen LogP contribution in [0.5, 0.6) is 0 Å². The van der Waals surface area contributed by atoms with Crippen LogP contribution in [0.1, 0.15) is 25.0 Å². The van der Waals surface area contributed by atoms with Gasteiger partial charge in [0.25, 0.3) is 0 Å². The zero-order chi connectivity index (χ0) is 15.7. The Balaban J connectivity index is 2.39. The summed E-state index contributed by atoms with van der Waals surface area (Å²) in [6, 6.07) is 7.12. The molecule has 0 saturated heterocycles. The molecular weight excluding hydrogens is 292 g/mol. The summed E-state index contributed by atoms with van der Waals surface area (Å²) in [7, 11) is 1.59. The molecular formula is C15H23ClN2O3. The van der Waals surface area contributed by atoms with Crippen LogP contribution in [-0.2, 0) is 4.74 Å². The summed E-state index contributed by atoms with van der Waals surface area (Å²) in [6.45, 7) is 2.99. The van der Waals surface area contributed by atoms with Gasteiger partial charge in [0.2, 0.25) is 0 Å². The molecule has 0 aliphatic rings. The molecule has 0 bridgehead atoms. The summed E-state index contributed by atoms with van der Waals surface area (Å²) in [5.41, 5.74) is 0.916. The van der Waals surface area contributed by atoms with Crippen LogP contribution in [0, 0.1) is 5.92 Å². The Kier molecular flexibility index (Phi) is 8.12. The quantitative estimate of drug-likeness (QED) is 0.690. The molecule has 0 aliphatic carbocycles. The lowest BCUT2D eigenvalue weighted by Crippen LogP contribution is -2.40. The van der Waals surface area contributed by atoms with Crippen molar-refractivity contribution in [2.75, 3.05) is 26.8 Å². The Morgan fingerprint density at radius 3 is 2.71 bits per heavy atom. The van der Waals surface area contributed by atoms with Crippen LogP contribution in [0.25, 0.3) is 0 Å². The highest BCUT2D eigenvalue weighted by Gasteiger charge is 2.12. The topological polar surface area (TPSA) is 70.6 Å². The number of urea groups is 1. The van der Waals surface area contributed by atoms with Crippen LogP contribution in [0.4, 0.5) is 4.79 Å². The van der Waals surface area contributed by atoms with Gasteiger partial charge >= 0.3 is 6.03 Å². The molecule has 0 heterocycles. The monoisotopic (exact) mass is 314 g/mol. The molecule has 6 heteroatoms. The Morgan fingerprint density at radius 2 is 2.10 bits per heavy atom. The second-order valence-electron chi connectivity index (χ2n) is 4.99. The molecule has 0 fully saturated rings. The van der Waals surface area contributed by atoms with E-state index in [0.717, 1.165) is 5.56 Å². The normalized spacial score (nSPS) is 13.5. The Morgan fingerprint density at radius 1 is 1.38 bits per heavy atom. The smallest absolute Gasteiger partial charge is 0.314 e. The lowest BCUT2D eigenvalue weighted by molar-refractivity contribution is 0.104. The number of rotatable bonds is 8. The molecule has 0 radical (unpaired) electrons. The summed E-state index contributed by atoms with van der Waals surface area (Å²) < 4.78 is 5.37. The van der Waals surface area contributed by atoms with Crippen LogP contribution in [0.3, 0.4) is 0 Å². The van der Waals surface area contributed by atoms with Crippen molar-refractivity contribution in [3.63, 3.8) is 0 Å². The van der Waals surface area contributed by atoms with E-state index in [0.29, 0.717) is 24.5 Å². The summed E-state index contributed by atoms with van der Waals surface area (Å²) in [6.07, 6.45) is 0.424. The van der Waals surface area contributed by atoms with Gasteiger partial charge < -0.3 is 20.5 Å². The summed E-state index contributed by atoms with van der Waals surface area (Å²) in [5.74, 6) is 0.243. The minimum absolute atomic E-state index is 0.130. The maximum Gasteiger partial charge on any atom is 0.314 e. The van der Waals surface area contributed by atoms with Crippen LogP contribution in [-0.4, -0.2) is 37.9 Å². The lowest BCUT2D eigenvalue weighted by atomic mass is 10.1. The first kappa shape index (κ1) is 17.8. The van der Waals surface area contributed by atoms with E-state index in [1.54, 1.807) is 13.2 Å². The number of carbonyl (C=O) groups excluding carboxylic acids is 1. The zero-order valence-electron chi connectivity index (χ0n) is 12.4. The van der Waals surface area contributed by atoms with Gasteiger partial charge in [-0.15, -0.1) is 0 Å². The predicted molar refractivity (Wildman–Crippen MR) is 83.5 cm³/mol. The Hall–Kier alpha value is -1.30. The van der Waals surface area contributed by atoms with Crippen molar-refractivity contribution in [1.82, 2.24) is 10.6 Å².